The van der Waals surface area contributed by atoms with Crippen LogP contribution in [0.25, 0.3) is 22.3 Å². The van der Waals surface area contributed by atoms with Crippen molar-refractivity contribution in [2.45, 2.75) is 12.2 Å². The van der Waals surface area contributed by atoms with Gasteiger partial charge in [-0.25, -0.2) is 4.79 Å². The first-order valence-electron chi connectivity index (χ1n) is 13.8. The van der Waals surface area contributed by atoms with Crippen molar-refractivity contribution < 1.29 is 43.6 Å². The van der Waals surface area contributed by atoms with Crippen LogP contribution in [0.3, 0.4) is 0 Å². The molecule has 0 aliphatic carbocycles. The predicted molar refractivity (Wildman–Crippen MR) is 166 cm³/mol. The number of hydrogen-bond acceptors (Lipinski definition) is 11. The van der Waals surface area contributed by atoms with Gasteiger partial charge in [-0.2, -0.15) is 0 Å². The van der Waals surface area contributed by atoms with Gasteiger partial charge in [-0.05, 0) is 48.5 Å². The van der Waals surface area contributed by atoms with E-state index < -0.39 is 29.4 Å². The molecule has 11 nitrogen and oxygen atoms in total. The third-order valence-electron chi connectivity index (χ3n) is 7.51. The first kappa shape index (κ1) is 28.8. The van der Waals surface area contributed by atoms with Crippen molar-refractivity contribution in [2.75, 3.05) is 7.11 Å². The fourth-order valence-electron chi connectivity index (χ4n) is 5.32. The summed E-state index contributed by atoms with van der Waals surface area (Å²) in [6, 6.07) is 19.8. The Morgan fingerprint density at radius 2 is 1.63 bits per heavy atom. The average Bonchev–Trinajstić information content (AvgIpc) is 3.40. The van der Waals surface area contributed by atoms with Crippen molar-refractivity contribution >= 4 is 34.3 Å². The van der Waals surface area contributed by atoms with Crippen LogP contribution < -0.4 is 19.6 Å². The number of hydrogen-bond donors (Lipinski definition) is 3. The highest BCUT2D eigenvalue weighted by atomic mass is 35.5. The van der Waals surface area contributed by atoms with Crippen LogP contribution in [0.2, 0.25) is 5.02 Å². The number of methoxy groups -OCH3 is 1. The predicted octanol–water partition coefficient (Wildman–Crippen LogP) is 6.01. The SMILES string of the molecule is COc1cc(C2Oc3cc(-c4cc(=O)c5c(O)cc(O)cc5o4)ccc3OC2/C=C2\C(=O)ON=C2c2ccc(Cl)cc2)ccc1O. The summed E-state index contributed by atoms with van der Waals surface area (Å²) >= 11 is 6.05. The van der Waals surface area contributed by atoms with Crippen LogP contribution >= 0.6 is 11.6 Å². The van der Waals surface area contributed by atoms with E-state index in [-0.39, 0.29) is 51.0 Å². The number of carbonyl (C=O) groups excluding carboxylic acids is 1. The Hall–Kier alpha value is -5.94. The van der Waals surface area contributed by atoms with Crippen LogP contribution in [0.1, 0.15) is 17.2 Å². The maximum absolute atomic E-state index is 12.8. The minimum Gasteiger partial charge on any atom is -0.508 e. The number of phenolic OH excluding ortho intramolecular Hbond substituents is 3. The molecule has 0 radical (unpaired) electrons. The molecular weight excluding hydrogens is 618 g/mol. The summed E-state index contributed by atoms with van der Waals surface area (Å²) in [4.78, 5) is 30.7. The Labute approximate surface area is 264 Å². The molecule has 0 bridgehead atoms. The molecular formula is C34H22ClNO10. The van der Waals surface area contributed by atoms with Crippen molar-refractivity contribution in [3.05, 3.63) is 117 Å². The maximum atomic E-state index is 12.8. The average molecular weight is 640 g/mol. The second-order valence-corrected chi connectivity index (χ2v) is 10.9. The fraction of sp³-hybridized carbons (Fsp3) is 0.0882. The molecule has 2 atom stereocenters. The topological polar surface area (TPSA) is 157 Å². The summed E-state index contributed by atoms with van der Waals surface area (Å²) in [5.74, 6) is -0.483. The number of nitrogens with zero attached hydrogens (tertiary/aromatic N) is 1. The van der Waals surface area contributed by atoms with Crippen molar-refractivity contribution in [3.63, 3.8) is 0 Å². The quantitative estimate of drug-likeness (QED) is 0.154. The maximum Gasteiger partial charge on any atom is 0.367 e. The normalized spacial score (nSPS) is 18.0. The summed E-state index contributed by atoms with van der Waals surface area (Å²) in [6.07, 6.45) is -0.206. The van der Waals surface area contributed by atoms with Crippen LogP contribution in [0.4, 0.5) is 0 Å². The minimum atomic E-state index is -0.893. The van der Waals surface area contributed by atoms with Gasteiger partial charge in [0.2, 0.25) is 0 Å². The molecule has 3 N–H and O–H groups in total. The van der Waals surface area contributed by atoms with Gasteiger partial charge in [0, 0.05) is 39.9 Å². The van der Waals surface area contributed by atoms with Gasteiger partial charge in [0.15, 0.2) is 40.6 Å². The zero-order valence-electron chi connectivity index (χ0n) is 23.8. The number of carbonyl (C=O) groups is 1. The number of ether oxygens (including phenoxy) is 3. The van der Waals surface area contributed by atoms with Gasteiger partial charge in [0.05, 0.1) is 12.7 Å². The lowest BCUT2D eigenvalue weighted by atomic mass is 9.96. The highest BCUT2D eigenvalue weighted by Gasteiger charge is 2.36. The van der Waals surface area contributed by atoms with E-state index in [1.807, 2.05) is 0 Å². The Morgan fingerprint density at radius 1 is 0.848 bits per heavy atom. The standard InChI is InChI=1S/C34H22ClNO10/c1-42-27-11-18(4-8-22(27)38)33-30(14-21-32(36-46-34(21)41)16-2-6-19(35)7-3-16)43-25-9-5-17(10-28(25)45-33)26-15-24(40)31-23(39)12-20(37)13-29(31)44-26/h2-15,30,33,37-39H,1H3/b21-14-. The van der Waals surface area contributed by atoms with Crippen LogP contribution in [-0.2, 0) is 9.63 Å². The van der Waals surface area contributed by atoms with Crippen molar-refractivity contribution in [3.8, 4) is 45.8 Å². The number of halogens is 1. The molecule has 2 aliphatic rings. The lowest BCUT2D eigenvalue weighted by Gasteiger charge is -2.33. The summed E-state index contributed by atoms with van der Waals surface area (Å²) in [5.41, 5.74) is 1.52. The molecule has 0 fully saturated rings. The van der Waals surface area contributed by atoms with Gasteiger partial charge in [-0.15, -0.1) is 0 Å². The smallest absolute Gasteiger partial charge is 0.367 e. The molecule has 2 aliphatic heterocycles. The number of oxime groups is 1. The zero-order valence-corrected chi connectivity index (χ0v) is 24.5. The zero-order chi connectivity index (χ0) is 32.1. The lowest BCUT2D eigenvalue weighted by molar-refractivity contribution is -0.136. The molecule has 2 unspecified atom stereocenters. The van der Waals surface area contributed by atoms with E-state index in [0.29, 0.717) is 27.5 Å². The van der Waals surface area contributed by atoms with Gasteiger partial charge in [0.25, 0.3) is 0 Å². The molecule has 0 amide bonds. The molecule has 12 heteroatoms. The van der Waals surface area contributed by atoms with Gasteiger partial charge in [0.1, 0.15) is 33.9 Å². The first-order chi connectivity index (χ1) is 22.2. The highest BCUT2D eigenvalue weighted by Crippen LogP contribution is 2.44. The highest BCUT2D eigenvalue weighted by molar-refractivity contribution is 6.31. The van der Waals surface area contributed by atoms with E-state index in [1.54, 1.807) is 60.7 Å². The summed E-state index contributed by atoms with van der Waals surface area (Å²) in [7, 11) is 1.41. The van der Waals surface area contributed by atoms with E-state index in [4.69, 9.17) is 35.1 Å². The molecule has 0 saturated carbocycles. The Kier molecular flexibility index (Phi) is 7.02. The van der Waals surface area contributed by atoms with E-state index in [2.05, 4.69) is 5.16 Å². The molecule has 0 saturated heterocycles. The Morgan fingerprint density at radius 3 is 2.41 bits per heavy atom. The molecule has 46 heavy (non-hydrogen) atoms. The molecule has 0 spiro atoms. The minimum absolute atomic E-state index is 0.00255. The van der Waals surface area contributed by atoms with E-state index in [9.17, 15) is 24.9 Å². The van der Waals surface area contributed by atoms with Crippen LogP contribution in [-0.4, -0.2) is 40.2 Å². The Balaban J connectivity index is 1.31. The second kappa shape index (κ2) is 11.2. The van der Waals surface area contributed by atoms with E-state index in [0.717, 1.165) is 6.07 Å². The molecule has 4 aromatic carbocycles. The lowest BCUT2D eigenvalue weighted by Crippen LogP contribution is -2.33. The second-order valence-electron chi connectivity index (χ2n) is 10.4. The van der Waals surface area contributed by atoms with Gasteiger partial charge >= 0.3 is 5.97 Å². The van der Waals surface area contributed by atoms with Crippen LogP contribution in [0, 0.1) is 0 Å². The van der Waals surface area contributed by atoms with Crippen LogP contribution in [0.5, 0.6) is 34.5 Å². The van der Waals surface area contributed by atoms with Gasteiger partial charge < -0.3 is 38.8 Å². The summed E-state index contributed by atoms with van der Waals surface area (Å²) in [5, 5.41) is 34.7. The molecule has 7 rings (SSSR count). The monoisotopic (exact) mass is 639 g/mol. The fourth-order valence-corrected chi connectivity index (χ4v) is 5.44. The third-order valence-corrected chi connectivity index (χ3v) is 7.77. The summed E-state index contributed by atoms with van der Waals surface area (Å²) < 4.78 is 24.0. The third kappa shape index (κ3) is 5.12. The molecule has 230 valence electrons. The van der Waals surface area contributed by atoms with Crippen molar-refractivity contribution in [1.29, 1.82) is 0 Å². The molecule has 3 heterocycles. The molecule has 5 aromatic rings. The Bertz CT molecular complexity index is 2170. The summed E-state index contributed by atoms with van der Waals surface area (Å²) in [6.45, 7) is 0. The number of aromatic hydroxyl groups is 3. The van der Waals surface area contributed by atoms with E-state index in [1.165, 1.54) is 25.3 Å². The number of phenols is 3. The van der Waals surface area contributed by atoms with Crippen LogP contribution in [0.15, 0.2) is 105 Å². The molecule has 1 aromatic heterocycles. The van der Waals surface area contributed by atoms with Gasteiger partial charge in [-0.1, -0.05) is 35.0 Å². The van der Waals surface area contributed by atoms with E-state index >= 15 is 0 Å². The van der Waals surface area contributed by atoms with Crippen molar-refractivity contribution in [1.82, 2.24) is 0 Å². The first-order valence-corrected chi connectivity index (χ1v) is 14.2. The van der Waals surface area contributed by atoms with Gasteiger partial charge in [-0.3, -0.25) is 4.79 Å². The largest absolute Gasteiger partial charge is 0.508 e. The number of rotatable bonds is 5. The number of fused-ring (bicyclic) bond motifs is 2. The number of benzene rings is 4. The van der Waals surface area contributed by atoms with Crippen molar-refractivity contribution in [2.24, 2.45) is 5.16 Å².